The average molecular weight is 404 g/mol. The lowest BCUT2D eigenvalue weighted by Gasteiger charge is -2.33. The van der Waals surface area contributed by atoms with Gasteiger partial charge in [0.2, 0.25) is 5.79 Å². The number of hydrogen-bond acceptors (Lipinski definition) is 2. The summed E-state index contributed by atoms with van der Waals surface area (Å²) in [5, 5.41) is 2.42. The van der Waals surface area contributed by atoms with E-state index in [1.807, 2.05) is 30.3 Å². The molecule has 0 spiro atoms. The van der Waals surface area contributed by atoms with Crippen molar-refractivity contribution in [3.05, 3.63) is 81.4 Å². The molecule has 0 saturated carbocycles. The number of ether oxygens (including phenoxy) is 2. The van der Waals surface area contributed by atoms with Crippen molar-refractivity contribution in [3.8, 4) is 0 Å². The first-order chi connectivity index (χ1) is 10.7. The Labute approximate surface area is 144 Å². The van der Waals surface area contributed by atoms with Crippen LogP contribution in [0.4, 0.5) is 0 Å². The summed E-state index contributed by atoms with van der Waals surface area (Å²) in [5.74, 6) is -0.901. The maximum atomic E-state index is 5.86. The molecule has 0 amide bonds. The first-order valence-corrected chi connectivity index (χ1v) is 8.14. The van der Waals surface area contributed by atoms with Crippen LogP contribution in [0.3, 0.4) is 0 Å². The van der Waals surface area contributed by atoms with Crippen molar-refractivity contribution < 1.29 is 9.47 Å². The summed E-state index contributed by atoms with van der Waals surface area (Å²) in [7, 11) is 3.36. The van der Waals surface area contributed by atoms with Crippen molar-refractivity contribution in [2.45, 2.75) is 5.79 Å². The van der Waals surface area contributed by atoms with Crippen molar-refractivity contribution in [2.75, 3.05) is 14.2 Å². The topological polar surface area (TPSA) is 18.5 Å². The fraction of sp³-hybridized carbons (Fsp3) is 0.158. The number of methoxy groups -OCH3 is 2. The van der Waals surface area contributed by atoms with Gasteiger partial charge in [0, 0.05) is 28.9 Å². The average Bonchev–Trinajstić information content (AvgIpc) is 2.59. The fourth-order valence-corrected chi connectivity index (χ4v) is 3.87. The number of halogens is 1. The summed E-state index contributed by atoms with van der Waals surface area (Å²) in [6, 6.07) is 22.6. The molecule has 0 aliphatic rings. The van der Waals surface area contributed by atoms with Gasteiger partial charge in [-0.2, -0.15) is 0 Å². The van der Waals surface area contributed by atoms with Gasteiger partial charge in [0.1, 0.15) is 0 Å². The van der Waals surface area contributed by atoms with E-state index in [2.05, 4.69) is 59.0 Å². The maximum absolute atomic E-state index is 5.86. The second-order valence-corrected chi connectivity index (χ2v) is 6.12. The minimum absolute atomic E-state index is 0.901. The summed E-state index contributed by atoms with van der Waals surface area (Å²) < 4.78 is 12.9. The quantitative estimate of drug-likeness (QED) is 0.453. The lowest BCUT2D eigenvalue weighted by atomic mass is 9.94. The lowest BCUT2D eigenvalue weighted by Crippen LogP contribution is -2.33. The van der Waals surface area contributed by atoms with E-state index in [0.29, 0.717) is 0 Å². The predicted octanol–water partition coefficient (Wildman–Crippen LogP) is 4.94. The summed E-state index contributed by atoms with van der Waals surface area (Å²) in [6.45, 7) is 0. The van der Waals surface area contributed by atoms with Gasteiger partial charge < -0.3 is 9.47 Å². The Balaban J connectivity index is 2.28. The maximum Gasteiger partial charge on any atom is 0.222 e. The summed E-state index contributed by atoms with van der Waals surface area (Å²) in [4.78, 5) is 0. The molecule has 0 heterocycles. The van der Waals surface area contributed by atoms with Gasteiger partial charge >= 0.3 is 0 Å². The van der Waals surface area contributed by atoms with Gasteiger partial charge in [0.05, 0.1) is 0 Å². The van der Waals surface area contributed by atoms with Crippen molar-refractivity contribution >= 4 is 33.4 Å². The van der Waals surface area contributed by atoms with Gasteiger partial charge in [-0.15, -0.1) is 0 Å². The third-order valence-electron chi connectivity index (χ3n) is 3.95. The SMILES string of the molecule is COC(OC)(c1ccccc1)c1ccc2ccccc2c1I. The van der Waals surface area contributed by atoms with E-state index in [9.17, 15) is 0 Å². The van der Waals surface area contributed by atoms with Crippen molar-refractivity contribution in [2.24, 2.45) is 0 Å². The molecule has 3 aromatic rings. The molecule has 3 rings (SSSR count). The molecular weight excluding hydrogens is 387 g/mol. The summed E-state index contributed by atoms with van der Waals surface area (Å²) in [5.41, 5.74) is 2.00. The normalized spacial score (nSPS) is 11.8. The molecule has 0 saturated heterocycles. The minimum atomic E-state index is -0.901. The molecule has 3 heteroatoms. The minimum Gasteiger partial charge on any atom is -0.346 e. The Morgan fingerprint density at radius 1 is 0.773 bits per heavy atom. The Bertz CT molecular complexity index is 780. The molecular formula is C19H17IO2. The molecule has 0 atom stereocenters. The standard InChI is InChI=1S/C19H17IO2/c1-21-19(22-2,15-9-4-3-5-10-15)17-13-12-14-8-6-7-11-16(14)18(17)20/h3-13H,1-2H3. The van der Waals surface area contributed by atoms with Gasteiger partial charge in [0.25, 0.3) is 0 Å². The van der Waals surface area contributed by atoms with E-state index in [0.717, 1.165) is 14.7 Å². The zero-order chi connectivity index (χ0) is 15.6. The molecule has 3 aromatic carbocycles. The van der Waals surface area contributed by atoms with Crippen LogP contribution >= 0.6 is 22.6 Å². The van der Waals surface area contributed by atoms with Gasteiger partial charge in [-0.05, 0) is 33.4 Å². The van der Waals surface area contributed by atoms with Crippen LogP contribution in [-0.4, -0.2) is 14.2 Å². The van der Waals surface area contributed by atoms with E-state index in [4.69, 9.17) is 9.47 Å². The summed E-state index contributed by atoms with van der Waals surface area (Å²) in [6.07, 6.45) is 0. The number of hydrogen-bond donors (Lipinski definition) is 0. The highest BCUT2D eigenvalue weighted by Crippen LogP contribution is 2.38. The van der Waals surface area contributed by atoms with E-state index in [-0.39, 0.29) is 0 Å². The van der Waals surface area contributed by atoms with E-state index in [1.54, 1.807) is 14.2 Å². The Morgan fingerprint density at radius 2 is 1.41 bits per heavy atom. The van der Waals surface area contributed by atoms with Gasteiger partial charge in [-0.25, -0.2) is 0 Å². The first kappa shape index (κ1) is 15.5. The highest BCUT2D eigenvalue weighted by Gasteiger charge is 2.36. The van der Waals surface area contributed by atoms with Crippen LogP contribution in [0.1, 0.15) is 11.1 Å². The third-order valence-corrected chi connectivity index (χ3v) is 5.11. The molecule has 2 nitrogen and oxygen atoms in total. The van der Waals surface area contributed by atoms with Crippen molar-refractivity contribution in [1.29, 1.82) is 0 Å². The van der Waals surface area contributed by atoms with E-state index < -0.39 is 5.79 Å². The molecule has 0 N–H and O–H groups in total. The van der Waals surface area contributed by atoms with Crippen LogP contribution in [0.2, 0.25) is 0 Å². The molecule has 112 valence electrons. The summed E-state index contributed by atoms with van der Waals surface area (Å²) >= 11 is 2.38. The number of fused-ring (bicyclic) bond motifs is 1. The Kier molecular flexibility index (Phi) is 4.47. The molecule has 0 aromatic heterocycles. The largest absolute Gasteiger partial charge is 0.346 e. The van der Waals surface area contributed by atoms with Crippen LogP contribution < -0.4 is 0 Å². The molecule has 0 aliphatic carbocycles. The smallest absolute Gasteiger partial charge is 0.222 e. The molecule has 0 radical (unpaired) electrons. The first-order valence-electron chi connectivity index (χ1n) is 7.06. The molecule has 0 fully saturated rings. The lowest BCUT2D eigenvalue weighted by molar-refractivity contribution is -0.184. The molecule has 0 unspecified atom stereocenters. The van der Waals surface area contributed by atoms with Gasteiger partial charge in [-0.1, -0.05) is 66.7 Å². The highest BCUT2D eigenvalue weighted by molar-refractivity contribution is 14.1. The second-order valence-electron chi connectivity index (χ2n) is 5.04. The zero-order valence-corrected chi connectivity index (χ0v) is 14.7. The second kappa shape index (κ2) is 6.36. The molecule has 0 bridgehead atoms. The van der Waals surface area contributed by atoms with Crippen LogP contribution in [0.5, 0.6) is 0 Å². The van der Waals surface area contributed by atoms with Crippen LogP contribution in [0, 0.1) is 3.57 Å². The van der Waals surface area contributed by atoms with E-state index >= 15 is 0 Å². The fourth-order valence-electron chi connectivity index (χ4n) is 2.84. The zero-order valence-electron chi connectivity index (χ0n) is 12.5. The van der Waals surface area contributed by atoms with Gasteiger partial charge in [0.15, 0.2) is 0 Å². The van der Waals surface area contributed by atoms with Crippen LogP contribution in [-0.2, 0) is 15.3 Å². The monoisotopic (exact) mass is 404 g/mol. The number of rotatable bonds is 4. The Hall–Kier alpha value is -1.43. The van der Waals surface area contributed by atoms with Crippen LogP contribution in [0.15, 0.2) is 66.7 Å². The van der Waals surface area contributed by atoms with Crippen LogP contribution in [0.25, 0.3) is 10.8 Å². The van der Waals surface area contributed by atoms with Gasteiger partial charge in [-0.3, -0.25) is 0 Å². The third kappa shape index (κ3) is 2.43. The van der Waals surface area contributed by atoms with Crippen molar-refractivity contribution in [1.82, 2.24) is 0 Å². The number of benzene rings is 3. The highest BCUT2D eigenvalue weighted by atomic mass is 127. The van der Waals surface area contributed by atoms with E-state index in [1.165, 1.54) is 10.8 Å². The predicted molar refractivity (Wildman–Crippen MR) is 97.9 cm³/mol. The molecule has 0 aliphatic heterocycles. The Morgan fingerprint density at radius 3 is 2.09 bits per heavy atom. The molecule has 22 heavy (non-hydrogen) atoms. The van der Waals surface area contributed by atoms with Crippen molar-refractivity contribution in [3.63, 3.8) is 0 Å².